The van der Waals surface area contributed by atoms with Gasteiger partial charge in [0, 0.05) is 11.9 Å². The zero-order valence-electron chi connectivity index (χ0n) is 8.25. The van der Waals surface area contributed by atoms with Gasteiger partial charge in [0.1, 0.15) is 0 Å². The van der Waals surface area contributed by atoms with Crippen molar-refractivity contribution in [3.05, 3.63) is 19.9 Å². The number of amides is 1. The lowest BCUT2D eigenvalue weighted by Gasteiger charge is -2.08. The Morgan fingerprint density at radius 1 is 1.73 bits per heavy atom. The molecule has 1 amide bonds. The number of halogens is 1. The van der Waals surface area contributed by atoms with Gasteiger partial charge in [-0.3, -0.25) is 4.79 Å². The third-order valence-corrected chi connectivity index (χ3v) is 4.33. The van der Waals surface area contributed by atoms with Gasteiger partial charge in [-0.05, 0) is 54.1 Å². The fourth-order valence-corrected chi connectivity index (χ4v) is 2.98. The van der Waals surface area contributed by atoms with Gasteiger partial charge in [0.15, 0.2) is 0 Å². The summed E-state index contributed by atoms with van der Waals surface area (Å²) in [5.41, 5.74) is 0.787. The molecule has 1 aliphatic heterocycles. The molecule has 0 aromatic carbocycles. The number of hydrogen-bond donors (Lipinski definition) is 2. The predicted octanol–water partition coefficient (Wildman–Crippen LogP) is 1.69. The number of carbonyl (C=O) groups is 1. The quantitative estimate of drug-likeness (QED) is 0.825. The molecule has 0 aliphatic carbocycles. The molecule has 1 aromatic rings. The van der Waals surface area contributed by atoms with Gasteiger partial charge in [-0.2, -0.15) is 0 Å². The van der Waals surface area contributed by atoms with E-state index in [1.807, 2.05) is 11.4 Å². The highest BCUT2D eigenvalue weighted by molar-refractivity contribution is 14.1. The Labute approximate surface area is 107 Å². The molecule has 0 saturated carbocycles. The third-order valence-electron chi connectivity index (χ3n) is 2.54. The summed E-state index contributed by atoms with van der Waals surface area (Å²) in [4.78, 5) is 11.7. The number of carbonyl (C=O) groups excluding carboxylic acids is 1. The summed E-state index contributed by atoms with van der Waals surface area (Å²) in [5, 5.41) is 8.17. The van der Waals surface area contributed by atoms with Crippen LogP contribution in [0.1, 0.15) is 16.8 Å². The summed E-state index contributed by atoms with van der Waals surface area (Å²) in [6.45, 7) is 2.90. The van der Waals surface area contributed by atoms with E-state index in [1.54, 1.807) is 11.3 Å². The summed E-state index contributed by atoms with van der Waals surface area (Å²) in [6.07, 6.45) is 1.17. The monoisotopic (exact) mass is 336 g/mol. The summed E-state index contributed by atoms with van der Waals surface area (Å²) in [7, 11) is 0. The second kappa shape index (κ2) is 5.27. The van der Waals surface area contributed by atoms with Crippen LogP contribution in [-0.2, 0) is 0 Å². The van der Waals surface area contributed by atoms with E-state index < -0.39 is 0 Å². The van der Waals surface area contributed by atoms with E-state index in [-0.39, 0.29) is 5.91 Å². The highest BCUT2D eigenvalue weighted by Gasteiger charge is 2.15. The van der Waals surface area contributed by atoms with Gasteiger partial charge in [-0.1, -0.05) is 0 Å². The van der Waals surface area contributed by atoms with Crippen LogP contribution < -0.4 is 10.6 Å². The number of hydrogen-bond acceptors (Lipinski definition) is 3. The van der Waals surface area contributed by atoms with Crippen LogP contribution in [0.2, 0.25) is 0 Å². The molecule has 0 radical (unpaired) electrons. The van der Waals surface area contributed by atoms with Crippen LogP contribution >= 0.6 is 33.9 Å². The van der Waals surface area contributed by atoms with Crippen LogP contribution in [0, 0.1) is 8.80 Å². The second-order valence-electron chi connectivity index (χ2n) is 3.71. The van der Waals surface area contributed by atoms with Crippen molar-refractivity contribution in [1.82, 2.24) is 10.6 Å². The molecule has 2 heterocycles. The molecule has 5 heteroatoms. The maximum Gasteiger partial charge on any atom is 0.252 e. The van der Waals surface area contributed by atoms with Crippen LogP contribution in [0.4, 0.5) is 0 Å². The Balaban J connectivity index is 1.81. The fourth-order valence-electron chi connectivity index (χ4n) is 1.66. The standard InChI is InChI=1S/C10H13IN2OS/c11-9-3-8(6-15-9)10(14)13-5-7-1-2-12-4-7/h3,6-7,12H,1-2,4-5H2,(H,13,14). The summed E-state index contributed by atoms with van der Waals surface area (Å²) in [6, 6.07) is 1.92. The van der Waals surface area contributed by atoms with Crippen LogP contribution in [0.15, 0.2) is 11.4 Å². The van der Waals surface area contributed by atoms with E-state index in [9.17, 15) is 4.79 Å². The molecule has 0 spiro atoms. The Morgan fingerprint density at radius 2 is 2.60 bits per heavy atom. The van der Waals surface area contributed by atoms with Gasteiger partial charge in [-0.15, -0.1) is 11.3 Å². The average Bonchev–Trinajstić information content (AvgIpc) is 2.84. The molecule has 3 nitrogen and oxygen atoms in total. The van der Waals surface area contributed by atoms with Gasteiger partial charge >= 0.3 is 0 Å². The minimum Gasteiger partial charge on any atom is -0.352 e. The van der Waals surface area contributed by atoms with E-state index in [0.29, 0.717) is 5.92 Å². The molecule has 15 heavy (non-hydrogen) atoms. The lowest BCUT2D eigenvalue weighted by atomic mass is 10.1. The van der Waals surface area contributed by atoms with Gasteiger partial charge in [0.25, 0.3) is 5.91 Å². The molecule has 82 valence electrons. The first-order chi connectivity index (χ1) is 7.25. The molecule has 2 N–H and O–H groups in total. The zero-order chi connectivity index (χ0) is 10.7. The van der Waals surface area contributed by atoms with Crippen LogP contribution in [0.25, 0.3) is 0 Å². The first-order valence-corrected chi connectivity index (χ1v) is 6.94. The first-order valence-electron chi connectivity index (χ1n) is 4.98. The molecular formula is C10H13IN2OS. The van der Waals surface area contributed by atoms with Crippen LogP contribution in [0.5, 0.6) is 0 Å². The Hall–Kier alpha value is -0.140. The average molecular weight is 336 g/mol. The van der Waals surface area contributed by atoms with Crippen molar-refractivity contribution >= 4 is 39.8 Å². The van der Waals surface area contributed by atoms with Gasteiger partial charge < -0.3 is 10.6 Å². The molecule has 1 aromatic heterocycles. The highest BCUT2D eigenvalue weighted by Crippen LogP contribution is 2.16. The first kappa shape index (κ1) is 11.3. The molecule has 1 aliphatic rings. The predicted molar refractivity (Wildman–Crippen MR) is 70.3 cm³/mol. The largest absolute Gasteiger partial charge is 0.352 e. The van der Waals surface area contributed by atoms with Crippen molar-refractivity contribution in [2.45, 2.75) is 6.42 Å². The van der Waals surface area contributed by atoms with Gasteiger partial charge in [-0.25, -0.2) is 0 Å². The summed E-state index contributed by atoms with van der Waals surface area (Å²) < 4.78 is 1.15. The third kappa shape index (κ3) is 3.15. The highest BCUT2D eigenvalue weighted by atomic mass is 127. The van der Waals surface area contributed by atoms with Crippen LogP contribution in [0.3, 0.4) is 0 Å². The van der Waals surface area contributed by atoms with E-state index in [0.717, 1.165) is 28.1 Å². The van der Waals surface area contributed by atoms with Gasteiger partial charge in [0.2, 0.25) is 0 Å². The SMILES string of the molecule is O=C(NCC1CCNC1)c1csc(I)c1. The van der Waals surface area contributed by atoms with E-state index in [4.69, 9.17) is 0 Å². The Kier molecular flexibility index (Phi) is 3.99. The van der Waals surface area contributed by atoms with E-state index in [1.165, 1.54) is 6.42 Å². The number of thiophene rings is 1. The molecule has 2 rings (SSSR count). The van der Waals surface area contributed by atoms with Crippen molar-refractivity contribution in [1.29, 1.82) is 0 Å². The van der Waals surface area contributed by atoms with Crippen molar-refractivity contribution in [2.75, 3.05) is 19.6 Å². The smallest absolute Gasteiger partial charge is 0.252 e. The summed E-state index contributed by atoms with van der Waals surface area (Å²) >= 11 is 3.83. The fraction of sp³-hybridized carbons (Fsp3) is 0.500. The molecule has 1 saturated heterocycles. The van der Waals surface area contributed by atoms with E-state index in [2.05, 4.69) is 33.2 Å². The molecular weight excluding hydrogens is 323 g/mol. The lowest BCUT2D eigenvalue weighted by molar-refractivity contribution is 0.0948. The topological polar surface area (TPSA) is 41.1 Å². The maximum atomic E-state index is 11.7. The Bertz CT molecular complexity index is 347. The lowest BCUT2D eigenvalue weighted by Crippen LogP contribution is -2.29. The maximum absolute atomic E-state index is 11.7. The molecule has 1 unspecified atom stereocenters. The Morgan fingerprint density at radius 3 is 3.20 bits per heavy atom. The molecule has 1 fully saturated rings. The van der Waals surface area contributed by atoms with Crippen LogP contribution in [-0.4, -0.2) is 25.5 Å². The minimum absolute atomic E-state index is 0.0565. The molecule has 0 bridgehead atoms. The van der Waals surface area contributed by atoms with Crippen molar-refractivity contribution in [3.8, 4) is 0 Å². The second-order valence-corrected chi connectivity index (χ2v) is 6.51. The summed E-state index contributed by atoms with van der Waals surface area (Å²) in [5.74, 6) is 0.660. The van der Waals surface area contributed by atoms with Gasteiger partial charge in [0.05, 0.1) is 8.45 Å². The molecule has 1 atom stereocenters. The van der Waals surface area contributed by atoms with Crippen molar-refractivity contribution < 1.29 is 4.79 Å². The zero-order valence-corrected chi connectivity index (χ0v) is 11.2. The van der Waals surface area contributed by atoms with Crippen molar-refractivity contribution in [2.24, 2.45) is 5.92 Å². The normalized spacial score (nSPS) is 20.5. The van der Waals surface area contributed by atoms with Crippen molar-refractivity contribution in [3.63, 3.8) is 0 Å². The number of rotatable bonds is 3. The minimum atomic E-state index is 0.0565. The van der Waals surface area contributed by atoms with E-state index >= 15 is 0 Å². The number of nitrogens with one attached hydrogen (secondary N) is 2.